The third-order valence-corrected chi connectivity index (χ3v) is 4.70. The van der Waals surface area contributed by atoms with E-state index < -0.39 is 35.2 Å². The Morgan fingerprint density at radius 3 is 2.62 bits per heavy atom. The van der Waals surface area contributed by atoms with E-state index in [1.165, 1.54) is 11.6 Å². The number of thioether (sulfide) groups is 1. The lowest BCUT2D eigenvalue weighted by Crippen LogP contribution is -2.42. The highest BCUT2D eigenvalue weighted by Crippen LogP contribution is 2.42. The van der Waals surface area contributed by atoms with Crippen molar-refractivity contribution < 1.29 is 28.2 Å². The molecule has 21 heavy (non-hydrogen) atoms. The first kappa shape index (κ1) is 18.2. The van der Waals surface area contributed by atoms with Crippen LogP contribution in [0.25, 0.3) is 0 Å². The summed E-state index contributed by atoms with van der Waals surface area (Å²) in [7, 11) is 0. The van der Waals surface area contributed by atoms with Crippen LogP contribution in [-0.2, 0) is 10.4 Å². The van der Waals surface area contributed by atoms with Gasteiger partial charge in [0.05, 0.1) is 0 Å². The highest BCUT2D eigenvalue weighted by atomic mass is 32.2. The van der Waals surface area contributed by atoms with E-state index in [9.17, 15) is 23.1 Å². The van der Waals surface area contributed by atoms with Crippen LogP contribution in [0.1, 0.15) is 17.8 Å². The molecular weight excluding hydrogens is 329 g/mol. The number of rotatable bonds is 8. The lowest BCUT2D eigenvalue weighted by molar-refractivity contribution is -0.267. The Labute approximate surface area is 127 Å². The largest absolute Gasteiger partial charge is 0.480 e. The summed E-state index contributed by atoms with van der Waals surface area (Å²) in [4.78, 5) is 14.0. The third kappa shape index (κ3) is 4.83. The number of hydrogen-bond acceptors (Lipinski definition) is 6. The van der Waals surface area contributed by atoms with Crippen molar-refractivity contribution in [3.05, 3.63) is 16.6 Å². The van der Waals surface area contributed by atoms with Crippen LogP contribution in [0.4, 0.5) is 13.2 Å². The average Bonchev–Trinajstić information content (AvgIpc) is 2.90. The molecule has 2 atom stereocenters. The minimum absolute atomic E-state index is 0.0158. The number of carboxylic acids is 1. The molecule has 5 nitrogen and oxygen atoms in total. The number of aromatic nitrogens is 1. The van der Waals surface area contributed by atoms with Gasteiger partial charge in [0.15, 0.2) is 0 Å². The van der Waals surface area contributed by atoms with Crippen molar-refractivity contribution in [2.45, 2.75) is 30.7 Å². The SMILES string of the molecule is NC(CCSCCC(O)(c1nccs1)C(F)(F)F)C(=O)O. The number of nitrogens with zero attached hydrogens (tertiary/aromatic N) is 1. The number of nitrogens with two attached hydrogens (primary N) is 1. The van der Waals surface area contributed by atoms with E-state index in [0.29, 0.717) is 5.75 Å². The minimum Gasteiger partial charge on any atom is -0.480 e. The zero-order valence-electron chi connectivity index (χ0n) is 10.8. The molecule has 2 unspecified atom stereocenters. The molecule has 1 aromatic rings. The molecule has 0 amide bonds. The Bertz CT molecular complexity index is 456. The van der Waals surface area contributed by atoms with E-state index in [1.807, 2.05) is 0 Å². The Morgan fingerprint density at radius 2 is 2.14 bits per heavy atom. The Morgan fingerprint density at radius 1 is 1.48 bits per heavy atom. The molecular formula is C11H15F3N2O3S2. The number of aliphatic hydroxyl groups is 1. The van der Waals surface area contributed by atoms with Gasteiger partial charge in [-0.05, 0) is 17.9 Å². The molecule has 10 heteroatoms. The number of thiazole rings is 1. The number of carboxylic acid groups (broad SMARTS) is 1. The van der Waals surface area contributed by atoms with Crippen molar-refractivity contribution in [3.63, 3.8) is 0 Å². The third-order valence-electron chi connectivity index (χ3n) is 2.75. The molecule has 120 valence electrons. The summed E-state index contributed by atoms with van der Waals surface area (Å²) in [6.07, 6.45) is -4.00. The zero-order chi connectivity index (χ0) is 16.1. The summed E-state index contributed by atoms with van der Waals surface area (Å²) in [5.74, 6) is -0.827. The molecule has 0 aliphatic carbocycles. The second-order valence-electron chi connectivity index (χ2n) is 4.29. The van der Waals surface area contributed by atoms with Gasteiger partial charge in [-0.15, -0.1) is 11.3 Å². The van der Waals surface area contributed by atoms with Crippen LogP contribution in [0.3, 0.4) is 0 Å². The molecule has 0 radical (unpaired) electrons. The number of hydrogen-bond donors (Lipinski definition) is 3. The molecule has 0 bridgehead atoms. The van der Waals surface area contributed by atoms with Crippen LogP contribution in [0.5, 0.6) is 0 Å². The highest BCUT2D eigenvalue weighted by molar-refractivity contribution is 7.99. The summed E-state index contributed by atoms with van der Waals surface area (Å²) in [5.41, 5.74) is 2.31. The summed E-state index contributed by atoms with van der Waals surface area (Å²) >= 11 is 1.85. The molecule has 0 aliphatic heterocycles. The maximum absolute atomic E-state index is 13.0. The monoisotopic (exact) mass is 344 g/mol. The zero-order valence-corrected chi connectivity index (χ0v) is 12.5. The first-order chi connectivity index (χ1) is 9.68. The van der Waals surface area contributed by atoms with Crippen LogP contribution in [0.2, 0.25) is 0 Å². The molecule has 0 saturated carbocycles. The van der Waals surface area contributed by atoms with E-state index in [2.05, 4.69) is 4.98 Å². The molecule has 1 rings (SSSR count). The smallest absolute Gasteiger partial charge is 0.423 e. The van der Waals surface area contributed by atoms with Crippen molar-refractivity contribution in [2.24, 2.45) is 5.73 Å². The Balaban J connectivity index is 2.51. The van der Waals surface area contributed by atoms with E-state index in [0.717, 1.165) is 23.1 Å². The quantitative estimate of drug-likeness (QED) is 0.623. The maximum atomic E-state index is 13.0. The second-order valence-corrected chi connectivity index (χ2v) is 6.41. The highest BCUT2D eigenvalue weighted by Gasteiger charge is 2.56. The van der Waals surface area contributed by atoms with Gasteiger partial charge in [-0.1, -0.05) is 0 Å². The van der Waals surface area contributed by atoms with E-state index >= 15 is 0 Å². The fourth-order valence-corrected chi connectivity index (χ4v) is 3.30. The summed E-state index contributed by atoms with van der Waals surface area (Å²) in [6.45, 7) is 0. The number of halogens is 3. The lowest BCUT2D eigenvalue weighted by Gasteiger charge is -2.28. The van der Waals surface area contributed by atoms with E-state index in [4.69, 9.17) is 10.8 Å². The van der Waals surface area contributed by atoms with Gasteiger partial charge in [-0.2, -0.15) is 24.9 Å². The van der Waals surface area contributed by atoms with Gasteiger partial charge in [-0.3, -0.25) is 4.79 Å². The van der Waals surface area contributed by atoms with Crippen LogP contribution in [-0.4, -0.2) is 44.9 Å². The van der Waals surface area contributed by atoms with Gasteiger partial charge < -0.3 is 15.9 Å². The average molecular weight is 344 g/mol. The number of aliphatic carboxylic acids is 1. The molecule has 0 saturated heterocycles. The predicted molar refractivity (Wildman–Crippen MR) is 74.2 cm³/mol. The maximum Gasteiger partial charge on any atom is 0.423 e. The fraction of sp³-hybridized carbons (Fsp3) is 0.636. The summed E-state index contributed by atoms with van der Waals surface area (Å²) in [6, 6.07) is -1.03. The van der Waals surface area contributed by atoms with Crippen molar-refractivity contribution in [1.29, 1.82) is 0 Å². The van der Waals surface area contributed by atoms with Crippen LogP contribution < -0.4 is 5.73 Å². The first-order valence-electron chi connectivity index (χ1n) is 5.93. The number of carbonyl (C=O) groups is 1. The molecule has 4 N–H and O–H groups in total. The molecule has 0 fully saturated rings. The van der Waals surface area contributed by atoms with Crippen molar-refractivity contribution in [3.8, 4) is 0 Å². The van der Waals surface area contributed by atoms with Gasteiger partial charge in [-0.25, -0.2) is 4.98 Å². The molecule has 0 aliphatic rings. The minimum atomic E-state index is -4.82. The van der Waals surface area contributed by atoms with Crippen LogP contribution in [0, 0.1) is 0 Å². The molecule has 0 spiro atoms. The van der Waals surface area contributed by atoms with E-state index in [1.54, 1.807) is 0 Å². The standard InChI is InChI=1S/C11H15F3N2O3S2/c12-11(13,14)10(19,9-16-3-6-21-9)2-5-20-4-1-7(15)8(17)18/h3,6-7,19H,1-2,4-5,15H2,(H,17,18). The van der Waals surface area contributed by atoms with Gasteiger partial charge >= 0.3 is 12.1 Å². The normalized spacial score (nSPS) is 16.4. The van der Waals surface area contributed by atoms with Crippen LogP contribution >= 0.6 is 23.1 Å². The van der Waals surface area contributed by atoms with Crippen molar-refractivity contribution in [1.82, 2.24) is 4.98 Å². The number of alkyl halides is 3. The fourth-order valence-electron chi connectivity index (χ4n) is 1.45. The van der Waals surface area contributed by atoms with E-state index in [-0.39, 0.29) is 12.2 Å². The molecule has 1 heterocycles. The lowest BCUT2D eigenvalue weighted by atomic mass is 10.0. The van der Waals surface area contributed by atoms with Crippen molar-refractivity contribution >= 4 is 29.1 Å². The summed E-state index contributed by atoms with van der Waals surface area (Å²) in [5, 5.41) is 19.4. The van der Waals surface area contributed by atoms with Gasteiger partial charge in [0.1, 0.15) is 11.0 Å². The van der Waals surface area contributed by atoms with Crippen LogP contribution in [0.15, 0.2) is 11.6 Å². The molecule has 0 aromatic carbocycles. The summed E-state index contributed by atoms with van der Waals surface area (Å²) < 4.78 is 39.1. The Kier molecular flexibility index (Phi) is 6.44. The topological polar surface area (TPSA) is 96.4 Å². The van der Waals surface area contributed by atoms with Gasteiger partial charge in [0.2, 0.25) is 5.60 Å². The van der Waals surface area contributed by atoms with Gasteiger partial charge in [0, 0.05) is 18.0 Å². The first-order valence-corrected chi connectivity index (χ1v) is 7.97. The van der Waals surface area contributed by atoms with Gasteiger partial charge in [0.25, 0.3) is 0 Å². The molecule has 1 aromatic heterocycles. The Hall–Kier alpha value is -0.840. The van der Waals surface area contributed by atoms with Crippen molar-refractivity contribution in [2.75, 3.05) is 11.5 Å². The second kappa shape index (κ2) is 7.43. The predicted octanol–water partition coefficient (Wildman–Crippen LogP) is 1.82.